The highest BCUT2D eigenvalue weighted by Crippen LogP contribution is 2.79. The Hall–Kier alpha value is -3.19. The van der Waals surface area contributed by atoms with E-state index in [0.717, 1.165) is 11.3 Å². The molecule has 3 saturated heterocycles. The van der Waals surface area contributed by atoms with Gasteiger partial charge in [-0.15, -0.1) is 0 Å². The normalized spacial score (nSPS) is 29.9. The summed E-state index contributed by atoms with van der Waals surface area (Å²) in [6, 6.07) is -3.13. The SMILES string of the molecule is CC(C)(C)[C@H](NC(=O)C(F)(F)F)C(=O)N1CC2C(C)(C)C2([C@H](C[C@@H]2CCCNC2=O)C(=O)C(=O)N2CCC2)C1C(N)=O. The zero-order valence-electron chi connectivity index (χ0n) is 24.6. The summed E-state index contributed by atoms with van der Waals surface area (Å²) in [7, 11) is 0. The van der Waals surface area contributed by atoms with E-state index in [9.17, 15) is 41.9 Å². The lowest BCUT2D eigenvalue weighted by molar-refractivity contribution is -0.176. The van der Waals surface area contributed by atoms with Crippen molar-refractivity contribution in [2.24, 2.45) is 39.7 Å². The van der Waals surface area contributed by atoms with Gasteiger partial charge >= 0.3 is 12.1 Å². The number of nitrogens with zero attached hydrogens (tertiary/aromatic N) is 2. The maximum atomic E-state index is 14.0. The Morgan fingerprint density at radius 2 is 1.71 bits per heavy atom. The van der Waals surface area contributed by atoms with E-state index in [4.69, 9.17) is 5.73 Å². The van der Waals surface area contributed by atoms with Crippen molar-refractivity contribution >= 4 is 35.3 Å². The molecule has 6 atom stereocenters. The van der Waals surface area contributed by atoms with Crippen LogP contribution in [-0.2, 0) is 28.8 Å². The Balaban J connectivity index is 1.76. The van der Waals surface area contributed by atoms with Crippen molar-refractivity contribution in [3.8, 4) is 0 Å². The van der Waals surface area contributed by atoms with Crippen LogP contribution in [0.2, 0.25) is 0 Å². The molecule has 1 saturated carbocycles. The molecule has 0 aromatic rings. The molecule has 0 radical (unpaired) electrons. The molecular weight excluding hydrogens is 559 g/mol. The highest BCUT2D eigenvalue weighted by atomic mass is 19.4. The van der Waals surface area contributed by atoms with E-state index in [1.807, 2.05) is 0 Å². The zero-order chi connectivity index (χ0) is 31.6. The second kappa shape index (κ2) is 10.5. The Bertz CT molecular complexity index is 1190. The fourth-order valence-corrected chi connectivity index (χ4v) is 7.63. The van der Waals surface area contributed by atoms with Crippen molar-refractivity contribution in [2.75, 3.05) is 26.2 Å². The number of alkyl halides is 3. The van der Waals surface area contributed by atoms with Crippen LogP contribution in [0.25, 0.3) is 0 Å². The summed E-state index contributed by atoms with van der Waals surface area (Å²) in [6.07, 6.45) is -3.43. The van der Waals surface area contributed by atoms with Crippen LogP contribution in [-0.4, -0.2) is 89.6 Å². The number of rotatable bonds is 8. The van der Waals surface area contributed by atoms with E-state index < -0.39 is 81.7 Å². The maximum absolute atomic E-state index is 14.0. The summed E-state index contributed by atoms with van der Waals surface area (Å²) in [5.41, 5.74) is 2.60. The molecule has 4 N–H and O–H groups in total. The number of hydrogen-bond acceptors (Lipinski definition) is 6. The third kappa shape index (κ3) is 5.04. The third-order valence-corrected chi connectivity index (χ3v) is 9.99. The average molecular weight is 600 g/mol. The Morgan fingerprint density at radius 3 is 2.19 bits per heavy atom. The van der Waals surface area contributed by atoms with Gasteiger partial charge in [0.05, 0.1) is 0 Å². The first-order valence-corrected chi connectivity index (χ1v) is 14.4. The predicted molar refractivity (Wildman–Crippen MR) is 142 cm³/mol. The van der Waals surface area contributed by atoms with Crippen molar-refractivity contribution in [3.05, 3.63) is 0 Å². The summed E-state index contributed by atoms with van der Waals surface area (Å²) in [6.45, 7) is 9.19. The largest absolute Gasteiger partial charge is 0.471 e. The number of nitrogens with two attached hydrogens (primary N) is 1. The molecule has 4 fully saturated rings. The van der Waals surface area contributed by atoms with Gasteiger partial charge < -0.3 is 26.2 Å². The second-order valence-corrected chi connectivity index (χ2v) is 13.7. The van der Waals surface area contributed by atoms with Crippen molar-refractivity contribution in [3.63, 3.8) is 0 Å². The third-order valence-electron chi connectivity index (χ3n) is 9.99. The number of halogens is 3. The smallest absolute Gasteiger partial charge is 0.368 e. The van der Waals surface area contributed by atoms with Crippen molar-refractivity contribution in [1.29, 1.82) is 0 Å². The van der Waals surface area contributed by atoms with Gasteiger partial charge in [-0.25, -0.2) is 0 Å². The van der Waals surface area contributed by atoms with Gasteiger partial charge in [0.1, 0.15) is 12.1 Å². The van der Waals surface area contributed by atoms with Crippen LogP contribution >= 0.6 is 0 Å². The summed E-state index contributed by atoms with van der Waals surface area (Å²) in [5, 5.41) is 4.56. The predicted octanol–water partition coefficient (Wildman–Crippen LogP) is 0.752. The van der Waals surface area contributed by atoms with Crippen LogP contribution in [0.3, 0.4) is 0 Å². The molecule has 4 aliphatic rings. The molecule has 4 rings (SSSR count). The number of carbonyl (C=O) groups excluding carboxylic acids is 6. The van der Waals surface area contributed by atoms with E-state index >= 15 is 0 Å². The van der Waals surface area contributed by atoms with Gasteiger partial charge in [-0.3, -0.25) is 28.8 Å². The molecule has 0 bridgehead atoms. The number of hydrogen-bond donors (Lipinski definition) is 3. The molecule has 5 amide bonds. The Kier molecular flexibility index (Phi) is 7.94. The number of amides is 5. The van der Waals surface area contributed by atoms with E-state index in [1.165, 1.54) is 25.7 Å². The number of fused-ring (bicyclic) bond motifs is 1. The first-order chi connectivity index (χ1) is 19.3. The summed E-state index contributed by atoms with van der Waals surface area (Å²) >= 11 is 0. The summed E-state index contributed by atoms with van der Waals surface area (Å²) in [4.78, 5) is 81.6. The Labute approximate surface area is 242 Å². The summed E-state index contributed by atoms with van der Waals surface area (Å²) in [5.74, 6) is -8.26. The quantitative estimate of drug-likeness (QED) is 0.349. The van der Waals surface area contributed by atoms with Crippen LogP contribution in [0.5, 0.6) is 0 Å². The zero-order valence-corrected chi connectivity index (χ0v) is 24.6. The monoisotopic (exact) mass is 599 g/mol. The number of nitrogens with one attached hydrogen (secondary N) is 2. The molecule has 3 unspecified atom stereocenters. The van der Waals surface area contributed by atoms with Gasteiger partial charge in [-0.1, -0.05) is 34.6 Å². The molecule has 0 spiro atoms. The molecule has 0 aromatic heterocycles. The molecule has 234 valence electrons. The highest BCUT2D eigenvalue weighted by molar-refractivity contribution is 6.37. The van der Waals surface area contributed by atoms with Crippen LogP contribution in [0.4, 0.5) is 13.2 Å². The number of ketones is 1. The van der Waals surface area contributed by atoms with Crippen molar-refractivity contribution in [2.45, 2.75) is 78.6 Å². The Morgan fingerprint density at radius 1 is 1.10 bits per heavy atom. The van der Waals surface area contributed by atoms with Gasteiger partial charge in [-0.05, 0) is 42.4 Å². The van der Waals surface area contributed by atoms with Crippen molar-refractivity contribution < 1.29 is 41.9 Å². The van der Waals surface area contributed by atoms with Crippen molar-refractivity contribution in [1.82, 2.24) is 20.4 Å². The fraction of sp³-hybridized carbons (Fsp3) is 0.786. The first kappa shape index (κ1) is 31.7. The topological polar surface area (TPSA) is 159 Å². The standard InChI is InChI=1S/C28H40F3N5O6/c1-25(2,3)18(34-24(42)28(29,30)31)23(41)36-13-16-26(4,5)27(16,19(36)20(32)38)15(12-14-8-6-9-33-21(14)39)17(37)22(40)35-10-7-11-35/h14-16,18-19H,6-13H2,1-5H3,(H2,32,38)(H,33,39)(H,34,42)/t14-,15+,16?,18+,19?,27?/m0/s1. The van der Waals surface area contributed by atoms with Crippen LogP contribution in [0.15, 0.2) is 0 Å². The molecule has 11 nitrogen and oxygen atoms in total. The molecular formula is C28H40F3N5O6. The molecule has 14 heteroatoms. The minimum absolute atomic E-state index is 0.0382. The highest BCUT2D eigenvalue weighted by Gasteiger charge is 2.84. The van der Waals surface area contributed by atoms with Gasteiger partial charge in [0, 0.05) is 43.4 Å². The maximum Gasteiger partial charge on any atom is 0.471 e. The van der Waals surface area contributed by atoms with Gasteiger partial charge in [-0.2, -0.15) is 13.2 Å². The lowest BCUT2D eigenvalue weighted by atomic mass is 9.69. The van der Waals surface area contributed by atoms with E-state index in [1.54, 1.807) is 19.2 Å². The number of piperidine rings is 2. The van der Waals surface area contributed by atoms with E-state index in [2.05, 4.69) is 5.32 Å². The first-order valence-electron chi connectivity index (χ1n) is 14.4. The minimum Gasteiger partial charge on any atom is -0.368 e. The van der Waals surface area contributed by atoms with E-state index in [-0.39, 0.29) is 18.9 Å². The number of Topliss-reactive ketones (excluding diaryl/α,β-unsaturated/α-hetero) is 1. The summed E-state index contributed by atoms with van der Waals surface area (Å²) < 4.78 is 39.5. The minimum atomic E-state index is -5.25. The number of likely N-dealkylation sites (tertiary alicyclic amines) is 2. The molecule has 3 heterocycles. The van der Waals surface area contributed by atoms with Gasteiger partial charge in [0.15, 0.2) is 0 Å². The van der Waals surface area contributed by atoms with Gasteiger partial charge in [0.25, 0.3) is 5.91 Å². The number of carbonyl (C=O) groups is 6. The van der Waals surface area contributed by atoms with E-state index in [0.29, 0.717) is 32.5 Å². The second-order valence-electron chi connectivity index (χ2n) is 13.7. The number of primary amides is 1. The van der Waals surface area contributed by atoms with Crippen LogP contribution in [0.1, 0.15) is 60.3 Å². The lowest BCUT2D eigenvalue weighted by Crippen LogP contribution is -2.62. The molecule has 0 aromatic carbocycles. The lowest BCUT2D eigenvalue weighted by Gasteiger charge is -2.42. The van der Waals surface area contributed by atoms with Crippen LogP contribution in [0, 0.1) is 34.0 Å². The fourth-order valence-electron chi connectivity index (χ4n) is 7.63. The van der Waals surface area contributed by atoms with Crippen LogP contribution < -0.4 is 16.4 Å². The molecule has 42 heavy (non-hydrogen) atoms. The molecule has 3 aliphatic heterocycles. The molecule has 1 aliphatic carbocycles. The van der Waals surface area contributed by atoms with Gasteiger partial charge in [0.2, 0.25) is 23.5 Å². The average Bonchev–Trinajstić information content (AvgIpc) is 3.13.